The van der Waals surface area contributed by atoms with Crippen LogP contribution in [0.4, 0.5) is 0 Å². The van der Waals surface area contributed by atoms with Gasteiger partial charge in [-0.2, -0.15) is 8.42 Å². The van der Waals surface area contributed by atoms with Crippen molar-refractivity contribution in [2.75, 3.05) is 26.2 Å². The fraction of sp³-hybridized carbons (Fsp3) is 0.435. The maximum atomic E-state index is 11.8. The van der Waals surface area contributed by atoms with E-state index in [0.717, 1.165) is 17.9 Å². The first-order valence-corrected chi connectivity index (χ1v) is 12.7. The molecule has 0 spiro atoms. The van der Waals surface area contributed by atoms with Gasteiger partial charge < -0.3 is 15.4 Å². The lowest BCUT2D eigenvalue weighted by Gasteiger charge is -2.26. The lowest BCUT2D eigenvalue weighted by atomic mass is 10.1. The van der Waals surface area contributed by atoms with Crippen LogP contribution in [-0.4, -0.2) is 56.2 Å². The summed E-state index contributed by atoms with van der Waals surface area (Å²) in [5.74, 6) is 1.29. The van der Waals surface area contributed by atoms with Crippen LogP contribution in [-0.2, 0) is 23.3 Å². The molecule has 0 unspecified atom stereocenters. The monoisotopic (exact) mass is 470 g/mol. The number of hydrogen-bond acceptors (Lipinski definition) is 7. The van der Waals surface area contributed by atoms with Crippen molar-refractivity contribution in [2.24, 2.45) is 8.80 Å². The number of benzene rings is 1. The maximum absolute atomic E-state index is 11.8. The predicted octanol–water partition coefficient (Wildman–Crippen LogP) is 2.27. The highest BCUT2D eigenvalue weighted by molar-refractivity contribution is 7.89. The second-order valence-corrected chi connectivity index (χ2v) is 9.42. The zero-order chi connectivity index (χ0) is 22.9. The van der Waals surface area contributed by atoms with Crippen molar-refractivity contribution >= 4 is 21.9 Å². The molecule has 2 N–H and O–H groups in total. The predicted molar refractivity (Wildman–Crippen MR) is 129 cm³/mol. The van der Waals surface area contributed by atoms with E-state index >= 15 is 0 Å². The van der Waals surface area contributed by atoms with Crippen LogP contribution in [0.15, 0.2) is 57.6 Å². The van der Waals surface area contributed by atoms with E-state index in [1.54, 1.807) is 12.4 Å². The first-order chi connectivity index (χ1) is 16.1. The topological polar surface area (TPSA) is 108 Å². The summed E-state index contributed by atoms with van der Waals surface area (Å²) in [6.07, 6.45) is 7.97. The Morgan fingerprint density at radius 3 is 2.55 bits per heavy atom. The summed E-state index contributed by atoms with van der Waals surface area (Å²) in [5, 5.41) is 6.06. The summed E-state index contributed by atoms with van der Waals surface area (Å²) in [7, 11) is -3.85. The molecule has 10 heteroatoms. The number of likely N-dealkylation sites (tertiary alicyclic amines) is 1. The molecule has 0 saturated carbocycles. The highest BCUT2D eigenvalue weighted by atomic mass is 32.2. The summed E-state index contributed by atoms with van der Waals surface area (Å²) < 4.78 is 36.9. The average Bonchev–Trinajstić information content (AvgIpc) is 3.12. The molecule has 176 valence electrons. The summed E-state index contributed by atoms with van der Waals surface area (Å²) in [6, 6.07) is 12.0. The van der Waals surface area contributed by atoms with E-state index in [2.05, 4.69) is 41.4 Å². The van der Waals surface area contributed by atoms with Crippen LogP contribution in [0.2, 0.25) is 0 Å². The smallest absolute Gasteiger partial charge is 0.367 e. The molecular formula is C23H30N6O3S. The van der Waals surface area contributed by atoms with Crippen LogP contribution in [0.5, 0.6) is 5.75 Å². The minimum Gasteiger partial charge on any atom is -0.494 e. The van der Waals surface area contributed by atoms with Gasteiger partial charge in [-0.25, -0.2) is 0 Å². The van der Waals surface area contributed by atoms with E-state index in [9.17, 15) is 8.42 Å². The fourth-order valence-electron chi connectivity index (χ4n) is 3.84. The second kappa shape index (κ2) is 11.2. The second-order valence-electron chi connectivity index (χ2n) is 8.16. The van der Waals surface area contributed by atoms with Crippen LogP contribution in [0.25, 0.3) is 0 Å². The van der Waals surface area contributed by atoms with Crippen molar-refractivity contribution in [3.8, 4) is 5.75 Å². The Morgan fingerprint density at radius 1 is 0.970 bits per heavy atom. The van der Waals surface area contributed by atoms with E-state index in [4.69, 9.17) is 4.74 Å². The Bertz CT molecular complexity index is 1080. The minimum atomic E-state index is -3.85. The molecule has 3 heterocycles. The number of ether oxygens (including phenoxy) is 1. The van der Waals surface area contributed by atoms with Gasteiger partial charge >= 0.3 is 10.2 Å². The molecule has 2 aliphatic rings. The van der Waals surface area contributed by atoms with Crippen molar-refractivity contribution in [1.82, 2.24) is 20.5 Å². The molecule has 2 aliphatic heterocycles. The summed E-state index contributed by atoms with van der Waals surface area (Å²) in [6.45, 7) is 4.71. The highest BCUT2D eigenvalue weighted by Crippen LogP contribution is 2.17. The Labute approximate surface area is 195 Å². The zero-order valence-corrected chi connectivity index (χ0v) is 19.4. The molecule has 1 aromatic heterocycles. The number of hydrogen-bond donors (Lipinski definition) is 2. The first kappa shape index (κ1) is 23.2. The number of nitrogens with one attached hydrogen (secondary N) is 2. The molecule has 1 fully saturated rings. The largest absolute Gasteiger partial charge is 0.494 e. The van der Waals surface area contributed by atoms with Crippen LogP contribution >= 0.6 is 0 Å². The molecule has 0 amide bonds. The van der Waals surface area contributed by atoms with Gasteiger partial charge in [0.05, 0.1) is 6.61 Å². The molecule has 0 atom stereocenters. The quantitative estimate of drug-likeness (QED) is 0.541. The SMILES string of the molecule is O=S1(=O)N=C(NCCCOc2cccc(CN3CCCCC3)c2)C(NCc2cccnc2)=N1. The van der Waals surface area contributed by atoms with E-state index in [1.807, 2.05) is 24.3 Å². The molecule has 1 aromatic carbocycles. The lowest BCUT2D eigenvalue weighted by molar-refractivity contribution is 0.220. The number of rotatable bonds is 9. The normalized spacial score (nSPS) is 17.8. The van der Waals surface area contributed by atoms with Gasteiger partial charge in [0.15, 0.2) is 11.7 Å². The third kappa shape index (κ3) is 7.26. The minimum absolute atomic E-state index is 0.213. The lowest BCUT2D eigenvalue weighted by Crippen LogP contribution is -2.38. The Kier molecular flexibility index (Phi) is 7.90. The van der Waals surface area contributed by atoms with Crippen molar-refractivity contribution in [2.45, 2.75) is 38.8 Å². The van der Waals surface area contributed by atoms with Gasteiger partial charge in [0.1, 0.15) is 5.75 Å². The standard InChI is InChI=1S/C23H30N6O3S/c30-33(31)27-22(23(28-33)26-17-20-8-5-10-24-16-20)25-11-6-14-32-21-9-4-7-19(15-21)18-29-12-2-1-3-13-29/h4-5,7-10,15-16H,1-3,6,11-14,17-18H2,(H,25,27)(H,26,28). The molecule has 1 saturated heterocycles. The van der Waals surface area contributed by atoms with E-state index in [-0.39, 0.29) is 11.7 Å². The van der Waals surface area contributed by atoms with Crippen LogP contribution in [0.3, 0.4) is 0 Å². The van der Waals surface area contributed by atoms with E-state index < -0.39 is 10.2 Å². The van der Waals surface area contributed by atoms with Gasteiger partial charge in [0.25, 0.3) is 0 Å². The average molecular weight is 471 g/mol. The molecule has 4 rings (SSSR count). The summed E-state index contributed by atoms with van der Waals surface area (Å²) in [5.41, 5.74) is 2.18. The number of pyridine rings is 1. The molecule has 0 radical (unpaired) electrons. The van der Waals surface area contributed by atoms with Crippen LogP contribution in [0.1, 0.15) is 36.8 Å². The molecule has 33 heavy (non-hydrogen) atoms. The van der Waals surface area contributed by atoms with Gasteiger partial charge in [-0.3, -0.25) is 9.88 Å². The van der Waals surface area contributed by atoms with E-state index in [0.29, 0.717) is 26.1 Å². The van der Waals surface area contributed by atoms with Gasteiger partial charge in [0, 0.05) is 32.0 Å². The Morgan fingerprint density at radius 2 is 1.76 bits per heavy atom. The van der Waals surface area contributed by atoms with Crippen molar-refractivity contribution in [1.29, 1.82) is 0 Å². The number of nitrogens with zero attached hydrogens (tertiary/aromatic N) is 4. The fourth-order valence-corrected chi connectivity index (χ4v) is 4.64. The third-order valence-electron chi connectivity index (χ3n) is 5.46. The first-order valence-electron chi connectivity index (χ1n) is 11.3. The Balaban J connectivity index is 1.20. The maximum Gasteiger partial charge on any atom is 0.367 e. The zero-order valence-electron chi connectivity index (χ0n) is 18.6. The van der Waals surface area contributed by atoms with Crippen LogP contribution < -0.4 is 15.4 Å². The number of piperidine rings is 1. The van der Waals surface area contributed by atoms with Crippen molar-refractivity contribution in [3.05, 3.63) is 59.9 Å². The van der Waals surface area contributed by atoms with Crippen LogP contribution in [0, 0.1) is 0 Å². The molecule has 2 aromatic rings. The number of aromatic nitrogens is 1. The van der Waals surface area contributed by atoms with Gasteiger partial charge in [-0.05, 0) is 61.7 Å². The summed E-state index contributed by atoms with van der Waals surface area (Å²) >= 11 is 0. The summed E-state index contributed by atoms with van der Waals surface area (Å²) in [4.78, 5) is 6.54. The third-order valence-corrected chi connectivity index (χ3v) is 6.28. The number of amidine groups is 2. The molecule has 0 bridgehead atoms. The van der Waals surface area contributed by atoms with Gasteiger partial charge in [-0.15, -0.1) is 8.80 Å². The van der Waals surface area contributed by atoms with Gasteiger partial charge in [0.2, 0.25) is 0 Å². The van der Waals surface area contributed by atoms with Gasteiger partial charge in [-0.1, -0.05) is 24.6 Å². The molecule has 0 aliphatic carbocycles. The van der Waals surface area contributed by atoms with Crippen molar-refractivity contribution < 1.29 is 13.2 Å². The highest BCUT2D eigenvalue weighted by Gasteiger charge is 2.23. The molecular weight excluding hydrogens is 440 g/mol. The van der Waals surface area contributed by atoms with E-state index in [1.165, 1.54) is 37.9 Å². The van der Waals surface area contributed by atoms with Crippen molar-refractivity contribution in [3.63, 3.8) is 0 Å². The molecule has 9 nitrogen and oxygen atoms in total. The Hall–Kier alpha value is -2.98.